The highest BCUT2D eigenvalue weighted by molar-refractivity contribution is 5.69. The average Bonchev–Trinajstić information content (AvgIpc) is 2.88. The van der Waals surface area contributed by atoms with Crippen LogP contribution in [0.25, 0.3) is 0 Å². The molecule has 0 aliphatic rings. The average molecular weight is 505 g/mol. The Balaban J connectivity index is 3.25. The molecule has 36 heavy (non-hydrogen) atoms. The van der Waals surface area contributed by atoms with E-state index < -0.39 is 0 Å². The lowest BCUT2D eigenvalue weighted by Gasteiger charge is -2.05. The second-order valence-electron chi connectivity index (χ2n) is 10.8. The highest BCUT2D eigenvalue weighted by Crippen LogP contribution is 2.13. The molecule has 0 aromatic carbocycles. The summed E-state index contributed by atoms with van der Waals surface area (Å²) in [4.78, 5) is 11.9. The van der Waals surface area contributed by atoms with Gasteiger partial charge < -0.3 is 4.74 Å². The maximum absolute atomic E-state index is 11.9. The van der Waals surface area contributed by atoms with Crippen molar-refractivity contribution in [3.05, 3.63) is 24.3 Å². The largest absolute Gasteiger partial charge is 0.466 e. The van der Waals surface area contributed by atoms with Gasteiger partial charge in [0.1, 0.15) is 0 Å². The van der Waals surface area contributed by atoms with Crippen LogP contribution in [0.1, 0.15) is 181 Å². The summed E-state index contributed by atoms with van der Waals surface area (Å²) in [6.07, 6.45) is 42.2. The highest BCUT2D eigenvalue weighted by atomic mass is 16.5. The Morgan fingerprint density at radius 2 is 0.861 bits per heavy atom. The maximum atomic E-state index is 11.9. The van der Waals surface area contributed by atoms with E-state index in [1.165, 1.54) is 128 Å². The summed E-state index contributed by atoms with van der Waals surface area (Å²) in [7, 11) is 0. The first-order valence-electron chi connectivity index (χ1n) is 16.3. The Labute approximate surface area is 227 Å². The van der Waals surface area contributed by atoms with Crippen molar-refractivity contribution < 1.29 is 9.53 Å². The van der Waals surface area contributed by atoms with Crippen LogP contribution in [-0.4, -0.2) is 12.6 Å². The van der Waals surface area contributed by atoms with Crippen LogP contribution in [-0.2, 0) is 9.53 Å². The maximum Gasteiger partial charge on any atom is 0.305 e. The Bertz CT molecular complexity index is 480. The van der Waals surface area contributed by atoms with E-state index in [1.807, 2.05) is 0 Å². The van der Waals surface area contributed by atoms with Gasteiger partial charge in [0.15, 0.2) is 0 Å². The van der Waals surface area contributed by atoms with Gasteiger partial charge in [-0.15, -0.1) is 0 Å². The van der Waals surface area contributed by atoms with Crippen molar-refractivity contribution in [1.82, 2.24) is 0 Å². The third-order valence-electron chi connectivity index (χ3n) is 7.09. The molecule has 0 aromatic heterocycles. The molecule has 2 nitrogen and oxygen atoms in total. The van der Waals surface area contributed by atoms with Gasteiger partial charge in [-0.2, -0.15) is 0 Å². The van der Waals surface area contributed by atoms with Gasteiger partial charge >= 0.3 is 5.97 Å². The van der Waals surface area contributed by atoms with E-state index in [0.29, 0.717) is 13.0 Å². The zero-order valence-electron chi connectivity index (χ0n) is 24.7. The first kappa shape index (κ1) is 35.0. The van der Waals surface area contributed by atoms with Crippen molar-refractivity contribution in [1.29, 1.82) is 0 Å². The first-order valence-corrected chi connectivity index (χ1v) is 16.3. The molecule has 0 aliphatic heterocycles. The van der Waals surface area contributed by atoms with Crippen LogP contribution in [0, 0.1) is 0 Å². The van der Waals surface area contributed by atoms with E-state index in [-0.39, 0.29) is 5.97 Å². The molecule has 0 spiro atoms. The monoisotopic (exact) mass is 504 g/mol. The van der Waals surface area contributed by atoms with E-state index >= 15 is 0 Å². The summed E-state index contributed by atoms with van der Waals surface area (Å²) in [5.74, 6) is 0.00529. The van der Waals surface area contributed by atoms with Gasteiger partial charge in [0, 0.05) is 6.42 Å². The summed E-state index contributed by atoms with van der Waals surface area (Å²) >= 11 is 0. The number of allylic oxidation sites excluding steroid dienone is 4. The number of rotatable bonds is 29. The molecule has 2 heteroatoms. The molecule has 0 N–H and O–H groups in total. The number of carbonyl (C=O) groups excluding carboxylic acids is 1. The molecule has 0 aliphatic carbocycles. The SMILES string of the molecule is CCCCCCCC/C=C\C/C=C\CCCCCOC(=O)CCCCCCCCCCCCCCC. The summed E-state index contributed by atoms with van der Waals surface area (Å²) < 4.78 is 5.40. The Morgan fingerprint density at radius 3 is 1.33 bits per heavy atom. The topological polar surface area (TPSA) is 26.3 Å². The first-order chi connectivity index (χ1) is 17.8. The fraction of sp³-hybridized carbons (Fsp3) is 0.853. The predicted octanol–water partition coefficient (Wildman–Crippen LogP) is 11.8. The van der Waals surface area contributed by atoms with E-state index in [9.17, 15) is 4.79 Å². The van der Waals surface area contributed by atoms with Gasteiger partial charge in [-0.1, -0.05) is 147 Å². The predicted molar refractivity (Wildman–Crippen MR) is 161 cm³/mol. The zero-order valence-corrected chi connectivity index (χ0v) is 24.7. The molecule has 0 amide bonds. The number of carbonyl (C=O) groups is 1. The van der Waals surface area contributed by atoms with E-state index in [0.717, 1.165) is 32.1 Å². The molecule has 0 heterocycles. The molecule has 0 saturated carbocycles. The molecular formula is C34H64O2. The minimum atomic E-state index is 0.00529. The highest BCUT2D eigenvalue weighted by Gasteiger charge is 2.02. The Morgan fingerprint density at radius 1 is 0.472 bits per heavy atom. The third-order valence-corrected chi connectivity index (χ3v) is 7.09. The summed E-state index contributed by atoms with van der Waals surface area (Å²) in [5, 5.41) is 0. The van der Waals surface area contributed by atoms with E-state index in [1.54, 1.807) is 0 Å². The van der Waals surface area contributed by atoms with Crippen LogP contribution in [0.2, 0.25) is 0 Å². The lowest BCUT2D eigenvalue weighted by molar-refractivity contribution is -0.143. The molecule has 212 valence electrons. The standard InChI is InChI=1S/C34H64O2/c1-3-5-7-9-11-13-15-17-18-19-21-23-25-27-29-31-33-36-34(35)32-30-28-26-24-22-20-16-14-12-10-8-6-4-2/h17-18,21,23H,3-16,19-20,22,24-33H2,1-2H3/b18-17-,23-21-. The molecule has 0 fully saturated rings. The number of esters is 1. The number of unbranched alkanes of at least 4 members (excludes halogenated alkanes) is 21. The summed E-state index contributed by atoms with van der Waals surface area (Å²) in [6, 6.07) is 0. The summed E-state index contributed by atoms with van der Waals surface area (Å²) in [5.41, 5.74) is 0. The van der Waals surface area contributed by atoms with Crippen molar-refractivity contribution in [3.8, 4) is 0 Å². The molecule has 0 atom stereocenters. The van der Waals surface area contributed by atoms with Crippen molar-refractivity contribution in [2.75, 3.05) is 6.61 Å². The van der Waals surface area contributed by atoms with Crippen LogP contribution in [0.5, 0.6) is 0 Å². The lowest BCUT2D eigenvalue weighted by atomic mass is 10.0. The fourth-order valence-electron chi connectivity index (χ4n) is 4.64. The van der Waals surface area contributed by atoms with Crippen LogP contribution in [0.15, 0.2) is 24.3 Å². The Kier molecular flexibility index (Phi) is 31.0. The number of hydrogen-bond donors (Lipinski definition) is 0. The van der Waals surface area contributed by atoms with E-state index in [2.05, 4.69) is 38.2 Å². The van der Waals surface area contributed by atoms with Crippen LogP contribution < -0.4 is 0 Å². The minimum absolute atomic E-state index is 0.00529. The van der Waals surface area contributed by atoms with Gasteiger partial charge in [0.05, 0.1) is 6.61 Å². The van der Waals surface area contributed by atoms with Gasteiger partial charge in [0.2, 0.25) is 0 Å². The quantitative estimate of drug-likeness (QED) is 0.0575. The van der Waals surface area contributed by atoms with Crippen molar-refractivity contribution in [2.45, 2.75) is 181 Å². The number of hydrogen-bond acceptors (Lipinski definition) is 2. The number of ether oxygens (including phenoxy) is 1. The van der Waals surface area contributed by atoms with Crippen LogP contribution in [0.3, 0.4) is 0 Å². The van der Waals surface area contributed by atoms with Crippen LogP contribution >= 0.6 is 0 Å². The lowest BCUT2D eigenvalue weighted by Crippen LogP contribution is -2.05. The molecular weight excluding hydrogens is 440 g/mol. The summed E-state index contributed by atoms with van der Waals surface area (Å²) in [6.45, 7) is 5.15. The van der Waals surface area contributed by atoms with Gasteiger partial charge in [-0.25, -0.2) is 0 Å². The van der Waals surface area contributed by atoms with Gasteiger partial charge in [0.25, 0.3) is 0 Å². The second kappa shape index (κ2) is 32.0. The Hall–Kier alpha value is -1.05. The zero-order chi connectivity index (χ0) is 26.2. The van der Waals surface area contributed by atoms with Gasteiger partial charge in [-0.05, 0) is 51.4 Å². The molecule has 0 saturated heterocycles. The molecule has 0 radical (unpaired) electrons. The smallest absolute Gasteiger partial charge is 0.305 e. The molecule has 0 unspecified atom stereocenters. The molecule has 0 rings (SSSR count). The van der Waals surface area contributed by atoms with Crippen molar-refractivity contribution >= 4 is 5.97 Å². The van der Waals surface area contributed by atoms with Crippen molar-refractivity contribution in [3.63, 3.8) is 0 Å². The van der Waals surface area contributed by atoms with Crippen LogP contribution in [0.4, 0.5) is 0 Å². The third kappa shape index (κ3) is 31.0. The normalized spacial score (nSPS) is 11.7. The second-order valence-corrected chi connectivity index (χ2v) is 10.8. The van der Waals surface area contributed by atoms with Crippen molar-refractivity contribution in [2.24, 2.45) is 0 Å². The minimum Gasteiger partial charge on any atom is -0.466 e. The van der Waals surface area contributed by atoms with E-state index in [4.69, 9.17) is 4.74 Å². The molecule has 0 aromatic rings. The van der Waals surface area contributed by atoms with Gasteiger partial charge in [-0.3, -0.25) is 4.79 Å². The molecule has 0 bridgehead atoms. The fourth-order valence-corrected chi connectivity index (χ4v) is 4.64.